The molecule has 1 amide bonds. The Morgan fingerprint density at radius 3 is 2.38 bits per heavy atom. The predicted molar refractivity (Wildman–Crippen MR) is 128 cm³/mol. The minimum atomic E-state index is -3.40. The lowest BCUT2D eigenvalue weighted by molar-refractivity contribution is 0.0555. The molecule has 2 atom stereocenters. The van der Waals surface area contributed by atoms with E-state index in [0.29, 0.717) is 48.1 Å². The number of pyridine rings is 1. The Labute approximate surface area is 200 Å². The van der Waals surface area contributed by atoms with Crippen molar-refractivity contribution in [1.82, 2.24) is 14.2 Å². The summed E-state index contributed by atoms with van der Waals surface area (Å²) in [5.74, 6) is -0.669. The van der Waals surface area contributed by atoms with Gasteiger partial charge in [-0.25, -0.2) is 12.8 Å². The smallest absolute Gasteiger partial charge is 0.257 e. The maximum atomic E-state index is 14.3. The molecule has 0 radical (unpaired) electrons. The third-order valence-electron chi connectivity index (χ3n) is 6.99. The molecule has 1 aromatic carbocycles. The number of piperidine rings is 1. The van der Waals surface area contributed by atoms with Crippen LogP contribution >= 0.6 is 0 Å². The largest absolute Gasteiger partial charge is 0.370 e. The molecule has 34 heavy (non-hydrogen) atoms. The first-order chi connectivity index (χ1) is 15.9. The van der Waals surface area contributed by atoms with Gasteiger partial charge in [-0.2, -0.15) is 9.57 Å². The standard InChI is InChI=1S/C24H30FN5O3S/c1-16-13-29(14-17(2)30(16)34(4,32)33)23(31)20-12-27-21-6-5-18(25)11-19(21)22(20)28-9-7-24(3,15-26)8-10-28/h5-6,11-12,16-17H,7-10,13-14H2,1-4H3/t16-,17+. The van der Waals surface area contributed by atoms with Crippen molar-refractivity contribution in [2.45, 2.75) is 45.7 Å². The van der Waals surface area contributed by atoms with Crippen molar-refractivity contribution >= 4 is 32.5 Å². The van der Waals surface area contributed by atoms with Gasteiger partial charge in [0.2, 0.25) is 10.0 Å². The summed E-state index contributed by atoms with van der Waals surface area (Å²) < 4.78 is 40.1. The Bertz CT molecular complexity index is 1260. The number of halogens is 1. The van der Waals surface area contributed by atoms with Crippen molar-refractivity contribution in [2.75, 3.05) is 37.3 Å². The molecular weight excluding hydrogens is 457 g/mol. The minimum absolute atomic E-state index is 0.253. The summed E-state index contributed by atoms with van der Waals surface area (Å²) in [5.41, 5.74) is 1.15. The number of anilines is 1. The SMILES string of the molecule is C[C@@H]1CN(C(=O)c2cnc3ccc(F)cc3c2N2CCC(C)(C#N)CC2)C[C@H](C)N1S(C)(=O)=O. The van der Waals surface area contributed by atoms with Gasteiger partial charge in [0, 0.05) is 49.8 Å². The van der Waals surface area contributed by atoms with Crippen molar-refractivity contribution < 1.29 is 17.6 Å². The summed E-state index contributed by atoms with van der Waals surface area (Å²) in [7, 11) is -3.40. The monoisotopic (exact) mass is 487 g/mol. The molecule has 0 bridgehead atoms. The van der Waals surface area contributed by atoms with Crippen LogP contribution in [0.3, 0.4) is 0 Å². The Morgan fingerprint density at radius 2 is 1.82 bits per heavy atom. The molecule has 1 aromatic heterocycles. The number of hydrogen-bond acceptors (Lipinski definition) is 6. The molecule has 0 N–H and O–H groups in total. The van der Waals surface area contributed by atoms with E-state index >= 15 is 0 Å². The van der Waals surface area contributed by atoms with Crippen LogP contribution in [-0.2, 0) is 10.0 Å². The van der Waals surface area contributed by atoms with E-state index in [1.54, 1.807) is 24.8 Å². The molecule has 4 rings (SSSR count). The first-order valence-corrected chi connectivity index (χ1v) is 13.3. The number of aromatic nitrogens is 1. The van der Waals surface area contributed by atoms with E-state index in [9.17, 15) is 22.9 Å². The molecule has 2 aliphatic rings. The van der Waals surface area contributed by atoms with Crippen LogP contribution in [0.2, 0.25) is 0 Å². The van der Waals surface area contributed by atoms with Crippen LogP contribution in [0.5, 0.6) is 0 Å². The molecule has 0 aliphatic carbocycles. The Hall–Kier alpha value is -2.77. The van der Waals surface area contributed by atoms with E-state index in [1.807, 2.05) is 6.92 Å². The highest BCUT2D eigenvalue weighted by molar-refractivity contribution is 7.88. The van der Waals surface area contributed by atoms with Crippen LogP contribution in [0.15, 0.2) is 24.4 Å². The van der Waals surface area contributed by atoms with E-state index in [1.165, 1.54) is 28.9 Å². The average molecular weight is 488 g/mol. The molecular formula is C24H30FN5O3S. The third kappa shape index (κ3) is 4.46. The summed E-state index contributed by atoms with van der Waals surface area (Å²) in [6.45, 7) is 7.15. The van der Waals surface area contributed by atoms with Gasteiger partial charge in [0.05, 0.1) is 34.5 Å². The highest BCUT2D eigenvalue weighted by Crippen LogP contribution is 2.37. The molecule has 2 fully saturated rings. The van der Waals surface area contributed by atoms with Gasteiger partial charge >= 0.3 is 0 Å². The van der Waals surface area contributed by atoms with Gasteiger partial charge in [-0.05, 0) is 51.8 Å². The summed E-state index contributed by atoms with van der Waals surface area (Å²) in [4.78, 5) is 21.9. The molecule has 0 saturated carbocycles. The van der Waals surface area contributed by atoms with Crippen molar-refractivity contribution in [3.05, 3.63) is 35.8 Å². The van der Waals surface area contributed by atoms with Crippen molar-refractivity contribution in [3.8, 4) is 6.07 Å². The van der Waals surface area contributed by atoms with Crippen LogP contribution in [-0.4, -0.2) is 73.0 Å². The Morgan fingerprint density at radius 1 is 1.21 bits per heavy atom. The van der Waals surface area contributed by atoms with Crippen LogP contribution in [0.4, 0.5) is 10.1 Å². The molecule has 2 aromatic rings. The Balaban J connectivity index is 1.74. The van der Waals surface area contributed by atoms with Gasteiger partial charge in [0.25, 0.3) is 5.91 Å². The number of nitrogens with zero attached hydrogens (tertiary/aromatic N) is 5. The lowest BCUT2D eigenvalue weighted by Crippen LogP contribution is -2.59. The van der Waals surface area contributed by atoms with Crippen LogP contribution in [0.1, 0.15) is 44.0 Å². The quantitative estimate of drug-likeness (QED) is 0.660. The molecule has 3 heterocycles. The first kappa shape index (κ1) is 24.4. The van der Waals surface area contributed by atoms with E-state index in [2.05, 4.69) is 16.0 Å². The maximum absolute atomic E-state index is 14.3. The van der Waals surface area contributed by atoms with Gasteiger partial charge in [-0.15, -0.1) is 0 Å². The fourth-order valence-electron chi connectivity index (χ4n) is 5.28. The zero-order valence-electron chi connectivity index (χ0n) is 20.0. The predicted octanol–water partition coefficient (Wildman–Crippen LogP) is 3.00. The number of benzene rings is 1. The maximum Gasteiger partial charge on any atom is 0.257 e. The van der Waals surface area contributed by atoms with Crippen LogP contribution in [0, 0.1) is 22.6 Å². The van der Waals surface area contributed by atoms with Crippen molar-refractivity contribution in [3.63, 3.8) is 0 Å². The number of carbonyl (C=O) groups is 1. The topological polar surface area (TPSA) is 97.6 Å². The summed E-state index contributed by atoms with van der Waals surface area (Å²) >= 11 is 0. The molecule has 2 aliphatic heterocycles. The fourth-order valence-corrected chi connectivity index (χ4v) is 6.72. The van der Waals surface area contributed by atoms with Crippen molar-refractivity contribution in [1.29, 1.82) is 5.26 Å². The zero-order valence-corrected chi connectivity index (χ0v) is 20.8. The van der Waals surface area contributed by atoms with Crippen LogP contribution < -0.4 is 4.90 Å². The summed E-state index contributed by atoms with van der Waals surface area (Å²) in [5, 5.41) is 10.1. The zero-order chi connectivity index (χ0) is 24.8. The van der Waals surface area contributed by atoms with Crippen LogP contribution in [0.25, 0.3) is 10.9 Å². The average Bonchev–Trinajstić information content (AvgIpc) is 2.77. The Kier molecular flexibility index (Phi) is 6.29. The second kappa shape index (κ2) is 8.78. The first-order valence-electron chi connectivity index (χ1n) is 11.5. The van der Waals surface area contributed by atoms with E-state index in [0.717, 1.165) is 0 Å². The number of rotatable bonds is 3. The number of amides is 1. The third-order valence-corrected chi connectivity index (χ3v) is 8.48. The van der Waals surface area contributed by atoms with Gasteiger partial charge in [0.1, 0.15) is 5.82 Å². The van der Waals surface area contributed by atoms with E-state index in [-0.39, 0.29) is 31.1 Å². The molecule has 10 heteroatoms. The normalized spacial score (nSPS) is 23.6. The molecule has 182 valence electrons. The lowest BCUT2D eigenvalue weighted by atomic mass is 9.81. The molecule has 0 unspecified atom stereocenters. The molecule has 8 nitrogen and oxygen atoms in total. The summed E-state index contributed by atoms with van der Waals surface area (Å²) in [6, 6.07) is 5.99. The summed E-state index contributed by atoms with van der Waals surface area (Å²) in [6.07, 6.45) is 3.99. The second-order valence-corrected chi connectivity index (χ2v) is 11.7. The number of sulfonamides is 1. The van der Waals surface area contributed by atoms with E-state index < -0.39 is 21.3 Å². The fraction of sp³-hybridized carbons (Fsp3) is 0.542. The lowest BCUT2D eigenvalue weighted by Gasteiger charge is -2.43. The number of hydrogen-bond donors (Lipinski definition) is 0. The molecule has 0 spiro atoms. The van der Waals surface area contributed by atoms with Gasteiger partial charge in [-0.1, -0.05) is 0 Å². The van der Waals surface area contributed by atoms with Gasteiger partial charge in [0.15, 0.2) is 0 Å². The molecule has 2 saturated heterocycles. The van der Waals surface area contributed by atoms with Gasteiger partial charge in [-0.3, -0.25) is 9.78 Å². The number of fused-ring (bicyclic) bond motifs is 1. The number of nitriles is 1. The van der Waals surface area contributed by atoms with Crippen molar-refractivity contribution in [2.24, 2.45) is 5.41 Å². The number of carbonyl (C=O) groups excluding carboxylic acids is 1. The minimum Gasteiger partial charge on any atom is -0.370 e. The number of piperazine rings is 1. The highest BCUT2D eigenvalue weighted by atomic mass is 32.2. The second-order valence-electron chi connectivity index (χ2n) is 9.84. The van der Waals surface area contributed by atoms with E-state index in [4.69, 9.17) is 0 Å². The van der Waals surface area contributed by atoms with Gasteiger partial charge < -0.3 is 9.80 Å². The highest BCUT2D eigenvalue weighted by Gasteiger charge is 2.39.